The van der Waals surface area contributed by atoms with Gasteiger partial charge in [0.05, 0.1) is 12.9 Å². The fourth-order valence-corrected chi connectivity index (χ4v) is 1.56. The van der Waals surface area contributed by atoms with Crippen LogP contribution in [0.3, 0.4) is 0 Å². The Morgan fingerprint density at radius 2 is 2.11 bits per heavy atom. The number of halogens is 1. The first-order valence-electron chi connectivity index (χ1n) is 5.43. The summed E-state index contributed by atoms with van der Waals surface area (Å²) in [6.07, 6.45) is 1.30. The van der Waals surface area contributed by atoms with Crippen LogP contribution in [-0.4, -0.2) is 16.6 Å². The van der Waals surface area contributed by atoms with Gasteiger partial charge in [-0.15, -0.1) is 0 Å². The van der Waals surface area contributed by atoms with Crippen LogP contribution in [0.25, 0.3) is 0 Å². The summed E-state index contributed by atoms with van der Waals surface area (Å²) in [7, 11) is 0. The van der Waals surface area contributed by atoms with Crippen LogP contribution in [-0.2, 0) is 0 Å². The number of aromatic nitrogens is 2. The van der Waals surface area contributed by atoms with E-state index in [1.54, 1.807) is 0 Å². The van der Waals surface area contributed by atoms with Gasteiger partial charge in [-0.05, 0) is 31.2 Å². The monoisotopic (exact) mass is 265 g/mol. The molecular formula is C12H12ClN3O2. The maximum absolute atomic E-state index is 11.3. The van der Waals surface area contributed by atoms with Gasteiger partial charge in [-0.3, -0.25) is 4.79 Å². The van der Waals surface area contributed by atoms with Crippen LogP contribution in [0.2, 0.25) is 5.02 Å². The Kier molecular flexibility index (Phi) is 3.84. The predicted octanol–water partition coefficient (Wildman–Crippen LogP) is 2.57. The maximum Gasteiger partial charge on any atom is 0.271 e. The lowest BCUT2D eigenvalue weighted by molar-refractivity contribution is 0.340. The van der Waals surface area contributed by atoms with Gasteiger partial charge in [-0.25, -0.2) is 4.98 Å². The lowest BCUT2D eigenvalue weighted by Crippen LogP contribution is -2.09. The molecule has 0 amide bonds. The molecule has 94 valence electrons. The lowest BCUT2D eigenvalue weighted by Gasteiger charge is -2.07. The molecule has 0 aliphatic heterocycles. The highest BCUT2D eigenvalue weighted by molar-refractivity contribution is 6.32. The minimum atomic E-state index is -0.375. The Balaban J connectivity index is 2.18. The Bertz CT molecular complexity index is 581. The van der Waals surface area contributed by atoms with Gasteiger partial charge in [-0.2, -0.15) is 0 Å². The second-order valence-corrected chi connectivity index (χ2v) is 3.85. The molecule has 6 heteroatoms. The third kappa shape index (κ3) is 2.81. The van der Waals surface area contributed by atoms with Crippen molar-refractivity contribution < 1.29 is 4.74 Å². The van der Waals surface area contributed by atoms with Gasteiger partial charge in [0.15, 0.2) is 5.82 Å². The van der Waals surface area contributed by atoms with Crippen LogP contribution >= 0.6 is 11.6 Å². The summed E-state index contributed by atoms with van der Waals surface area (Å²) in [4.78, 5) is 17.6. The highest BCUT2D eigenvalue weighted by Crippen LogP contribution is 2.21. The molecule has 0 aliphatic rings. The van der Waals surface area contributed by atoms with E-state index in [0.717, 1.165) is 11.4 Å². The van der Waals surface area contributed by atoms with Gasteiger partial charge < -0.3 is 15.0 Å². The first-order chi connectivity index (χ1) is 8.70. The van der Waals surface area contributed by atoms with Crippen molar-refractivity contribution in [2.45, 2.75) is 6.92 Å². The van der Waals surface area contributed by atoms with Gasteiger partial charge in [0, 0.05) is 5.69 Å². The third-order valence-electron chi connectivity index (χ3n) is 2.22. The molecule has 2 rings (SSSR count). The number of rotatable bonds is 4. The van der Waals surface area contributed by atoms with Crippen molar-refractivity contribution in [1.82, 2.24) is 9.97 Å². The van der Waals surface area contributed by atoms with Gasteiger partial charge in [-0.1, -0.05) is 11.6 Å². The van der Waals surface area contributed by atoms with E-state index in [-0.39, 0.29) is 10.6 Å². The van der Waals surface area contributed by atoms with Crippen molar-refractivity contribution in [3.8, 4) is 5.75 Å². The molecule has 2 N–H and O–H groups in total. The second kappa shape index (κ2) is 5.55. The van der Waals surface area contributed by atoms with Crippen LogP contribution < -0.4 is 15.6 Å². The van der Waals surface area contributed by atoms with Crippen LogP contribution in [0, 0.1) is 0 Å². The van der Waals surface area contributed by atoms with E-state index in [4.69, 9.17) is 16.3 Å². The summed E-state index contributed by atoms with van der Waals surface area (Å²) in [5.74, 6) is 1.11. The van der Waals surface area contributed by atoms with Crippen LogP contribution in [0.5, 0.6) is 5.75 Å². The molecule has 0 unspecified atom stereocenters. The molecular weight excluding hydrogens is 254 g/mol. The number of aromatic amines is 1. The average molecular weight is 266 g/mol. The van der Waals surface area contributed by atoms with Crippen molar-refractivity contribution in [3.63, 3.8) is 0 Å². The minimum Gasteiger partial charge on any atom is -0.494 e. The molecule has 1 aromatic heterocycles. The van der Waals surface area contributed by atoms with E-state index in [0.29, 0.717) is 12.4 Å². The van der Waals surface area contributed by atoms with Gasteiger partial charge in [0.25, 0.3) is 5.56 Å². The first kappa shape index (κ1) is 12.4. The number of H-pyrrole nitrogens is 1. The topological polar surface area (TPSA) is 67.0 Å². The van der Waals surface area contributed by atoms with Gasteiger partial charge >= 0.3 is 0 Å². The van der Waals surface area contributed by atoms with Crippen molar-refractivity contribution in [1.29, 1.82) is 0 Å². The molecule has 0 fully saturated rings. The summed E-state index contributed by atoms with van der Waals surface area (Å²) >= 11 is 5.83. The predicted molar refractivity (Wildman–Crippen MR) is 70.8 cm³/mol. The molecule has 0 aliphatic carbocycles. The number of hydrogen-bond acceptors (Lipinski definition) is 4. The molecule has 0 atom stereocenters. The SMILES string of the molecule is CCOc1ccc(Nc2nc[nH]c(=O)c2Cl)cc1. The summed E-state index contributed by atoms with van der Waals surface area (Å²) in [5.41, 5.74) is 0.401. The number of nitrogens with one attached hydrogen (secondary N) is 2. The molecule has 1 heterocycles. The van der Waals surface area contributed by atoms with Crippen LogP contribution in [0.15, 0.2) is 35.4 Å². The summed E-state index contributed by atoms with van der Waals surface area (Å²) in [6.45, 7) is 2.54. The number of ether oxygens (including phenoxy) is 1. The Labute approximate surface area is 109 Å². The van der Waals surface area contributed by atoms with Crippen molar-refractivity contribution in [2.75, 3.05) is 11.9 Å². The first-order valence-corrected chi connectivity index (χ1v) is 5.81. The quantitative estimate of drug-likeness (QED) is 0.892. The summed E-state index contributed by atoms with van der Waals surface area (Å²) < 4.78 is 5.33. The van der Waals surface area contributed by atoms with E-state index < -0.39 is 0 Å². The summed E-state index contributed by atoms with van der Waals surface area (Å²) in [5, 5.41) is 3.00. The van der Waals surface area contributed by atoms with Crippen molar-refractivity contribution >= 4 is 23.1 Å². The molecule has 5 nitrogen and oxygen atoms in total. The van der Waals surface area contributed by atoms with E-state index >= 15 is 0 Å². The molecule has 2 aromatic rings. The van der Waals surface area contributed by atoms with Crippen molar-refractivity contribution in [2.24, 2.45) is 0 Å². The van der Waals surface area contributed by atoms with Crippen LogP contribution in [0.4, 0.5) is 11.5 Å². The molecule has 0 radical (unpaired) electrons. The van der Waals surface area contributed by atoms with E-state index in [1.165, 1.54) is 6.33 Å². The molecule has 1 aromatic carbocycles. The normalized spacial score (nSPS) is 10.1. The fourth-order valence-electron chi connectivity index (χ4n) is 1.41. The highest BCUT2D eigenvalue weighted by atomic mass is 35.5. The van der Waals surface area contributed by atoms with E-state index in [1.807, 2.05) is 31.2 Å². The molecule has 0 saturated heterocycles. The maximum atomic E-state index is 11.3. The Hall–Kier alpha value is -2.01. The number of anilines is 2. The molecule has 0 spiro atoms. The van der Waals surface area contributed by atoms with Crippen molar-refractivity contribution in [3.05, 3.63) is 46.0 Å². The summed E-state index contributed by atoms with van der Waals surface area (Å²) in [6, 6.07) is 7.30. The second-order valence-electron chi connectivity index (χ2n) is 3.48. The average Bonchev–Trinajstić information content (AvgIpc) is 2.38. The lowest BCUT2D eigenvalue weighted by atomic mass is 10.3. The fraction of sp³-hybridized carbons (Fsp3) is 0.167. The molecule has 0 bridgehead atoms. The number of benzene rings is 1. The van der Waals surface area contributed by atoms with Gasteiger partial charge in [0.2, 0.25) is 0 Å². The third-order valence-corrected chi connectivity index (χ3v) is 2.58. The zero-order valence-electron chi connectivity index (χ0n) is 9.74. The van der Waals surface area contributed by atoms with Gasteiger partial charge in [0.1, 0.15) is 10.8 Å². The van der Waals surface area contributed by atoms with Crippen LogP contribution in [0.1, 0.15) is 6.92 Å². The Morgan fingerprint density at radius 3 is 2.78 bits per heavy atom. The zero-order chi connectivity index (χ0) is 13.0. The standard InChI is InChI=1S/C12H12ClN3O2/c1-2-18-9-5-3-8(4-6-9)16-11-10(13)12(17)15-7-14-11/h3-7H,2H2,1H3,(H2,14,15,16,17). The smallest absolute Gasteiger partial charge is 0.271 e. The molecule has 0 saturated carbocycles. The molecule has 18 heavy (non-hydrogen) atoms. The Morgan fingerprint density at radius 1 is 1.39 bits per heavy atom. The number of hydrogen-bond donors (Lipinski definition) is 2. The minimum absolute atomic E-state index is 0.0337. The highest BCUT2D eigenvalue weighted by Gasteiger charge is 2.05. The number of nitrogens with zero attached hydrogens (tertiary/aromatic N) is 1. The van der Waals surface area contributed by atoms with E-state index in [9.17, 15) is 4.79 Å². The van der Waals surface area contributed by atoms with E-state index in [2.05, 4.69) is 15.3 Å². The largest absolute Gasteiger partial charge is 0.494 e. The zero-order valence-corrected chi connectivity index (χ0v) is 10.5.